The van der Waals surface area contributed by atoms with Gasteiger partial charge >= 0.3 is 121 Å². The van der Waals surface area contributed by atoms with Gasteiger partial charge in [-0.15, -0.1) is 0 Å². The van der Waals surface area contributed by atoms with Gasteiger partial charge in [-0.25, -0.2) is 0 Å². The van der Waals surface area contributed by atoms with Gasteiger partial charge < -0.3 is 20.4 Å². The first-order valence-corrected chi connectivity index (χ1v) is 5.04. The van der Waals surface area contributed by atoms with E-state index in [1.54, 1.807) is 0 Å². The van der Waals surface area contributed by atoms with Crippen molar-refractivity contribution in [3.05, 3.63) is 0 Å². The minimum absolute atomic E-state index is 0. The first kappa shape index (κ1) is 30.1. The van der Waals surface area contributed by atoms with Crippen molar-refractivity contribution in [2.24, 2.45) is 5.41 Å². The molecule has 11 heteroatoms. The Kier molecular flexibility index (Phi) is 21.1. The molecule has 0 aromatic rings. The molecule has 110 valence electrons. The minimum atomic E-state index is -1.58. The Morgan fingerprint density at radius 2 is 0.952 bits per heavy atom. The number of carboxylic acids is 4. The Balaban J connectivity index is -0.000000482. The predicted molar refractivity (Wildman–Crippen MR) is 78.9 cm³/mol. The van der Waals surface area contributed by atoms with Gasteiger partial charge in [0.25, 0.3) is 0 Å². The van der Waals surface area contributed by atoms with E-state index in [9.17, 15) is 19.2 Å². The van der Waals surface area contributed by atoms with Gasteiger partial charge in [-0.3, -0.25) is 19.2 Å². The summed E-state index contributed by atoms with van der Waals surface area (Å²) in [6.45, 7) is 0. The van der Waals surface area contributed by atoms with Crippen molar-refractivity contribution in [3.8, 4) is 0 Å². The molecule has 21 heavy (non-hydrogen) atoms. The van der Waals surface area contributed by atoms with E-state index in [4.69, 9.17) is 20.4 Å². The zero-order chi connectivity index (χ0) is 14.3. The maximum absolute atomic E-state index is 10.7. The van der Waals surface area contributed by atoms with Crippen molar-refractivity contribution in [2.45, 2.75) is 32.1 Å². The van der Waals surface area contributed by atoms with E-state index in [-0.39, 0.29) is 103 Å². The molecule has 0 saturated heterocycles. The molecule has 0 radical (unpaired) electrons. The number of hydrogen-bond acceptors (Lipinski definition) is 4. The summed E-state index contributed by atoms with van der Waals surface area (Å²) in [6, 6.07) is 0. The Morgan fingerprint density at radius 1 is 0.667 bits per heavy atom. The second-order valence-electron chi connectivity index (χ2n) is 4.11. The average Bonchev–Trinajstić information content (AvgIpc) is 2.11. The molecule has 0 rings (SSSR count). The van der Waals surface area contributed by atoms with E-state index in [2.05, 4.69) is 0 Å². The van der Waals surface area contributed by atoms with Crippen LogP contribution in [0.25, 0.3) is 0 Å². The summed E-state index contributed by atoms with van der Waals surface area (Å²) in [5, 5.41) is 34.7. The molecule has 0 aromatic carbocycles. The van der Waals surface area contributed by atoms with Crippen LogP contribution in [0.3, 0.4) is 0 Å². The fraction of sp³-hybridized carbons (Fsp3) is 0.600. The van der Waals surface area contributed by atoms with E-state index >= 15 is 0 Å². The molecule has 0 heterocycles. The van der Waals surface area contributed by atoms with Gasteiger partial charge in [0.2, 0.25) is 0 Å². The van der Waals surface area contributed by atoms with E-state index in [0.29, 0.717) is 0 Å². The van der Waals surface area contributed by atoms with Crippen LogP contribution in [0, 0.1) is 5.41 Å². The molecule has 0 spiro atoms. The summed E-state index contributed by atoms with van der Waals surface area (Å²) in [5.41, 5.74) is -1.58. The van der Waals surface area contributed by atoms with Crippen molar-refractivity contribution >= 4 is 121 Å². The van der Waals surface area contributed by atoms with E-state index in [1.807, 2.05) is 0 Å². The number of rotatable bonds is 9. The zero-order valence-corrected chi connectivity index (χ0v) is 9.46. The predicted octanol–water partition coefficient (Wildman–Crippen LogP) is -1.95. The van der Waals surface area contributed by atoms with Gasteiger partial charge in [-0.05, 0) is 6.42 Å². The second-order valence-corrected chi connectivity index (χ2v) is 4.11. The summed E-state index contributed by atoms with van der Waals surface area (Å²) < 4.78 is 0. The normalized spacial score (nSPS) is 9.33. The summed E-state index contributed by atoms with van der Waals surface area (Å²) in [7, 11) is 0. The Bertz CT molecular complexity index is 333. The van der Waals surface area contributed by atoms with Crippen LogP contribution >= 0.6 is 0 Å². The van der Waals surface area contributed by atoms with Crippen LogP contribution in [-0.2, 0) is 19.2 Å². The van der Waals surface area contributed by atoms with Crippen LogP contribution in [0.2, 0.25) is 0 Å². The van der Waals surface area contributed by atoms with Crippen molar-refractivity contribution in [1.29, 1.82) is 0 Å². The van der Waals surface area contributed by atoms with Crippen molar-refractivity contribution in [1.82, 2.24) is 0 Å². The first-order valence-electron chi connectivity index (χ1n) is 5.04. The third-order valence-corrected chi connectivity index (χ3v) is 2.45. The molecule has 0 aliphatic heterocycles. The molecule has 4 N–H and O–H groups in total. The fourth-order valence-corrected chi connectivity index (χ4v) is 1.79. The molecule has 0 atom stereocenters. The van der Waals surface area contributed by atoms with Crippen LogP contribution in [0.15, 0.2) is 0 Å². The van der Waals surface area contributed by atoms with E-state index < -0.39 is 55.0 Å². The van der Waals surface area contributed by atoms with Gasteiger partial charge in [0.05, 0.1) is 19.3 Å². The quantitative estimate of drug-likeness (QED) is 0.350. The van der Waals surface area contributed by atoms with Gasteiger partial charge in [0.1, 0.15) is 0 Å². The van der Waals surface area contributed by atoms with Gasteiger partial charge in [0.15, 0.2) is 0 Å². The molecular weight excluding hydrogens is 334 g/mol. The molecular formula is C10H18CaNa2O8. The first-order chi connectivity index (χ1) is 8.17. The Hall–Kier alpha value is 1.14. The Labute approximate surface area is 195 Å². The van der Waals surface area contributed by atoms with Crippen LogP contribution < -0.4 is 0 Å². The molecule has 0 aliphatic rings. The third-order valence-electron chi connectivity index (χ3n) is 2.45. The number of aliphatic carboxylic acids is 4. The molecule has 0 bridgehead atoms. The summed E-state index contributed by atoms with van der Waals surface area (Å²) >= 11 is 0. The van der Waals surface area contributed by atoms with Crippen LogP contribution in [0.4, 0.5) is 0 Å². The van der Waals surface area contributed by atoms with E-state index in [0.717, 1.165) is 0 Å². The molecule has 0 aromatic heterocycles. The average molecular weight is 352 g/mol. The molecule has 0 fully saturated rings. The van der Waals surface area contributed by atoms with Gasteiger partial charge in [-0.1, -0.05) is 0 Å². The Morgan fingerprint density at radius 3 is 1.14 bits per heavy atom. The molecule has 0 aliphatic carbocycles. The summed E-state index contributed by atoms with van der Waals surface area (Å²) in [6.07, 6.45) is -2.88. The van der Waals surface area contributed by atoms with Crippen LogP contribution in [-0.4, -0.2) is 141 Å². The maximum atomic E-state index is 10.7. The topological polar surface area (TPSA) is 149 Å². The van der Waals surface area contributed by atoms with Crippen LogP contribution in [0.5, 0.6) is 0 Å². The SMILES string of the molecule is O=C(O)CCC(CC(=O)O)(CC(=O)O)CC(=O)O.[CaH2].[NaH].[NaH]. The molecule has 0 saturated carbocycles. The van der Waals surface area contributed by atoms with Crippen molar-refractivity contribution in [2.75, 3.05) is 0 Å². The van der Waals surface area contributed by atoms with Crippen molar-refractivity contribution in [3.63, 3.8) is 0 Å². The summed E-state index contributed by atoms with van der Waals surface area (Å²) in [5.74, 6) is -5.31. The van der Waals surface area contributed by atoms with Crippen LogP contribution in [0.1, 0.15) is 32.1 Å². The number of carboxylic acid groups (broad SMARTS) is 4. The monoisotopic (exact) mass is 352 g/mol. The molecule has 0 amide bonds. The van der Waals surface area contributed by atoms with Gasteiger partial charge in [-0.2, -0.15) is 0 Å². The third kappa shape index (κ3) is 15.8. The standard InChI is InChI=1S/C10H14O8.Ca.2Na.4H/c11-6(12)1-2-10(3-7(13)14,4-8(15)16)5-9(17)18;;;;;;;/h1-5H2,(H,11,12)(H,13,14)(H,15,16)(H,17,18);;;;;;;. The number of hydrogen-bond donors (Lipinski definition) is 4. The summed E-state index contributed by atoms with van der Waals surface area (Å²) in [4.78, 5) is 42.5. The van der Waals surface area contributed by atoms with Gasteiger partial charge in [0, 0.05) is 11.8 Å². The van der Waals surface area contributed by atoms with E-state index in [1.165, 1.54) is 0 Å². The molecule has 8 nitrogen and oxygen atoms in total. The zero-order valence-electron chi connectivity index (χ0n) is 9.46. The second kappa shape index (κ2) is 14.7. The number of carbonyl (C=O) groups is 4. The fourth-order valence-electron chi connectivity index (χ4n) is 1.79. The van der Waals surface area contributed by atoms with Crippen molar-refractivity contribution < 1.29 is 39.6 Å². The molecule has 0 unspecified atom stereocenters.